The van der Waals surface area contributed by atoms with Crippen LogP contribution in [0.3, 0.4) is 0 Å². The Morgan fingerprint density at radius 3 is 2.40 bits per heavy atom. The maximum absolute atomic E-state index is 14.8. The lowest BCUT2D eigenvalue weighted by Crippen LogP contribution is -2.45. The molecule has 2 fully saturated rings. The van der Waals surface area contributed by atoms with Gasteiger partial charge in [-0.05, 0) is 55.3 Å². The monoisotopic (exact) mass is 450 g/mol. The van der Waals surface area contributed by atoms with Gasteiger partial charge in [0, 0.05) is 25.6 Å². The lowest BCUT2D eigenvalue weighted by Gasteiger charge is -2.42. The second-order valence-corrected chi connectivity index (χ2v) is 8.92. The van der Waals surface area contributed by atoms with Crippen molar-refractivity contribution in [3.8, 4) is 0 Å². The Kier molecular flexibility index (Phi) is 6.51. The lowest BCUT2D eigenvalue weighted by molar-refractivity contribution is -0.147. The number of rotatable bonds is 5. The Hall–Kier alpha value is -1.82. The molecule has 0 aliphatic carbocycles. The van der Waals surface area contributed by atoms with Gasteiger partial charge in [-0.25, -0.2) is 4.39 Å². The van der Waals surface area contributed by atoms with Crippen molar-refractivity contribution in [2.75, 3.05) is 38.2 Å². The Morgan fingerprint density at radius 2 is 1.80 bits per heavy atom. The molecule has 0 amide bonds. The first kappa shape index (κ1) is 21.4. The second kappa shape index (κ2) is 9.13. The van der Waals surface area contributed by atoms with Gasteiger partial charge in [0.1, 0.15) is 5.82 Å². The van der Waals surface area contributed by atoms with Crippen LogP contribution in [0, 0.1) is 11.7 Å². The lowest BCUT2D eigenvalue weighted by atomic mass is 9.89. The normalized spacial score (nSPS) is 18.3. The quantitative estimate of drug-likeness (QED) is 0.591. The summed E-state index contributed by atoms with van der Waals surface area (Å²) in [6.07, 6.45) is 1.57. The molecule has 30 heavy (non-hydrogen) atoms. The van der Waals surface area contributed by atoms with Gasteiger partial charge < -0.3 is 9.64 Å². The number of para-hydroxylation sites is 1. The second-order valence-electron chi connectivity index (χ2n) is 8.10. The highest BCUT2D eigenvalue weighted by molar-refractivity contribution is 6.39. The molecule has 2 aromatic carbocycles. The molecule has 7 heteroatoms. The summed E-state index contributed by atoms with van der Waals surface area (Å²) < 4.78 is 19.7. The Balaban J connectivity index is 1.34. The molecule has 0 saturated carbocycles. The molecule has 160 valence electrons. The summed E-state index contributed by atoms with van der Waals surface area (Å²) in [7, 11) is 1.43. The van der Waals surface area contributed by atoms with E-state index in [9.17, 15) is 9.18 Å². The fraction of sp³-hybridized carbons (Fsp3) is 0.435. The molecule has 0 spiro atoms. The van der Waals surface area contributed by atoms with E-state index < -0.39 is 0 Å². The van der Waals surface area contributed by atoms with E-state index in [0.717, 1.165) is 42.7 Å². The molecule has 0 radical (unpaired) electrons. The van der Waals surface area contributed by atoms with Crippen LogP contribution in [0.15, 0.2) is 36.4 Å². The summed E-state index contributed by atoms with van der Waals surface area (Å²) in [4.78, 5) is 16.0. The standard InChI is InChI=1S/C23H25Cl2FN2O2/c1-30-23(29)16-7-9-27(10-8-16)12-15-5-6-18(21(26)11-15)17-13-28(14-17)22-19(24)3-2-4-20(22)25/h2-6,11,16-17H,7-10,12-14H2,1H3. The number of carbonyl (C=O) groups is 1. The van der Waals surface area contributed by atoms with Gasteiger partial charge >= 0.3 is 5.97 Å². The van der Waals surface area contributed by atoms with Gasteiger partial charge in [-0.15, -0.1) is 0 Å². The molecule has 2 saturated heterocycles. The summed E-state index contributed by atoms with van der Waals surface area (Å²) in [6.45, 7) is 3.72. The Labute approximate surface area is 186 Å². The number of esters is 1. The van der Waals surface area contributed by atoms with Gasteiger partial charge in [0.25, 0.3) is 0 Å². The number of hydrogen-bond acceptors (Lipinski definition) is 4. The largest absolute Gasteiger partial charge is 0.469 e. The van der Waals surface area contributed by atoms with Crippen LogP contribution in [0.1, 0.15) is 29.9 Å². The topological polar surface area (TPSA) is 32.8 Å². The molecule has 4 rings (SSSR count). The first-order valence-electron chi connectivity index (χ1n) is 10.2. The summed E-state index contributed by atoms with van der Waals surface area (Å²) in [6, 6.07) is 11.0. The average molecular weight is 451 g/mol. The molecule has 2 heterocycles. The minimum Gasteiger partial charge on any atom is -0.469 e. The molecule has 0 aromatic heterocycles. The van der Waals surface area contributed by atoms with Crippen LogP contribution in [0.25, 0.3) is 0 Å². The van der Waals surface area contributed by atoms with Crippen LogP contribution >= 0.6 is 23.2 Å². The molecule has 2 aliphatic rings. The molecule has 0 bridgehead atoms. The van der Waals surface area contributed by atoms with Gasteiger partial charge in [0.2, 0.25) is 0 Å². The number of piperidine rings is 1. The van der Waals surface area contributed by atoms with Crippen LogP contribution in [-0.2, 0) is 16.1 Å². The number of hydrogen-bond donors (Lipinski definition) is 0. The average Bonchev–Trinajstić information content (AvgIpc) is 2.70. The third-order valence-corrected chi connectivity index (χ3v) is 6.78. The van der Waals surface area contributed by atoms with E-state index in [2.05, 4.69) is 9.80 Å². The molecule has 2 aliphatic heterocycles. The van der Waals surface area contributed by atoms with Crippen LogP contribution in [-0.4, -0.2) is 44.2 Å². The van der Waals surface area contributed by atoms with Crippen molar-refractivity contribution in [3.05, 3.63) is 63.4 Å². The summed E-state index contributed by atoms with van der Waals surface area (Å²) in [5, 5.41) is 1.24. The van der Waals surface area contributed by atoms with Crippen molar-refractivity contribution in [1.82, 2.24) is 4.90 Å². The zero-order valence-corrected chi connectivity index (χ0v) is 18.4. The fourth-order valence-electron chi connectivity index (χ4n) is 4.40. The highest BCUT2D eigenvalue weighted by atomic mass is 35.5. The molecule has 4 nitrogen and oxygen atoms in total. The molecular weight excluding hydrogens is 426 g/mol. The predicted molar refractivity (Wildman–Crippen MR) is 118 cm³/mol. The van der Waals surface area contributed by atoms with Crippen molar-refractivity contribution in [1.29, 1.82) is 0 Å². The number of methoxy groups -OCH3 is 1. The molecule has 0 unspecified atom stereocenters. The number of likely N-dealkylation sites (tertiary alicyclic amines) is 1. The van der Waals surface area contributed by atoms with Crippen LogP contribution in [0.5, 0.6) is 0 Å². The first-order valence-corrected chi connectivity index (χ1v) is 11.0. The zero-order chi connectivity index (χ0) is 21.3. The first-order chi connectivity index (χ1) is 14.5. The Morgan fingerprint density at radius 1 is 1.13 bits per heavy atom. The van der Waals surface area contributed by atoms with Crippen LogP contribution in [0.2, 0.25) is 10.0 Å². The minimum atomic E-state index is -0.160. The smallest absolute Gasteiger partial charge is 0.308 e. The van der Waals surface area contributed by atoms with E-state index in [1.807, 2.05) is 30.3 Å². The van der Waals surface area contributed by atoms with Crippen molar-refractivity contribution < 1.29 is 13.9 Å². The maximum Gasteiger partial charge on any atom is 0.308 e. The number of halogens is 3. The number of benzene rings is 2. The molecule has 0 N–H and O–H groups in total. The van der Waals surface area contributed by atoms with Crippen molar-refractivity contribution in [2.45, 2.75) is 25.3 Å². The van der Waals surface area contributed by atoms with E-state index in [0.29, 0.717) is 29.7 Å². The highest BCUT2D eigenvalue weighted by Gasteiger charge is 2.32. The summed E-state index contributed by atoms with van der Waals surface area (Å²) in [5.74, 6) is -0.176. The van der Waals surface area contributed by atoms with E-state index >= 15 is 0 Å². The van der Waals surface area contributed by atoms with Crippen molar-refractivity contribution >= 4 is 34.9 Å². The van der Waals surface area contributed by atoms with E-state index in [4.69, 9.17) is 27.9 Å². The number of nitrogens with zero attached hydrogens (tertiary/aromatic N) is 2. The summed E-state index contributed by atoms with van der Waals surface area (Å²) >= 11 is 12.6. The van der Waals surface area contributed by atoms with Gasteiger partial charge in [-0.2, -0.15) is 0 Å². The van der Waals surface area contributed by atoms with E-state index in [1.165, 1.54) is 7.11 Å². The predicted octanol–water partition coefficient (Wildman–Crippen LogP) is 5.12. The zero-order valence-electron chi connectivity index (χ0n) is 16.9. The number of ether oxygens (including phenoxy) is 1. The van der Waals surface area contributed by atoms with Crippen molar-refractivity contribution in [2.24, 2.45) is 5.92 Å². The molecule has 0 atom stereocenters. The minimum absolute atomic E-state index is 0.0152. The number of carbonyl (C=O) groups excluding carboxylic acids is 1. The van der Waals surface area contributed by atoms with Gasteiger partial charge in [-0.3, -0.25) is 9.69 Å². The third-order valence-electron chi connectivity index (χ3n) is 6.17. The van der Waals surface area contributed by atoms with E-state index in [-0.39, 0.29) is 23.6 Å². The Bertz CT molecular complexity index is 905. The molecule has 2 aromatic rings. The van der Waals surface area contributed by atoms with Gasteiger partial charge in [-0.1, -0.05) is 41.4 Å². The van der Waals surface area contributed by atoms with Crippen molar-refractivity contribution in [3.63, 3.8) is 0 Å². The van der Waals surface area contributed by atoms with Gasteiger partial charge in [0.15, 0.2) is 0 Å². The van der Waals surface area contributed by atoms with Crippen LogP contribution < -0.4 is 4.90 Å². The maximum atomic E-state index is 14.8. The van der Waals surface area contributed by atoms with Gasteiger partial charge in [0.05, 0.1) is 28.8 Å². The van der Waals surface area contributed by atoms with E-state index in [1.54, 1.807) is 6.07 Å². The molecular formula is C23H25Cl2FN2O2. The fourth-order valence-corrected chi connectivity index (χ4v) is 5.04. The number of anilines is 1. The highest BCUT2D eigenvalue weighted by Crippen LogP contribution is 2.40. The third kappa shape index (κ3) is 4.43. The SMILES string of the molecule is COC(=O)C1CCN(Cc2ccc(C3CN(c4c(Cl)cccc4Cl)C3)c(F)c2)CC1. The van der Waals surface area contributed by atoms with Crippen LogP contribution in [0.4, 0.5) is 10.1 Å². The summed E-state index contributed by atoms with van der Waals surface area (Å²) in [5.41, 5.74) is 2.52.